The molecule has 0 amide bonds. The van der Waals surface area contributed by atoms with Crippen molar-refractivity contribution in [1.82, 2.24) is 0 Å². The molecule has 0 unspecified atom stereocenters. The molecule has 2 aromatic rings. The fourth-order valence-corrected chi connectivity index (χ4v) is 7.44. The van der Waals surface area contributed by atoms with Crippen molar-refractivity contribution in [2.24, 2.45) is 0 Å². The van der Waals surface area contributed by atoms with Crippen molar-refractivity contribution < 1.29 is 31.9 Å². The molecule has 0 heterocycles. The van der Waals surface area contributed by atoms with Gasteiger partial charge in [-0.25, -0.2) is 0 Å². The number of hydrogen-bond acceptors (Lipinski definition) is 2. The molecule has 2 aromatic carbocycles. The van der Waals surface area contributed by atoms with Crippen molar-refractivity contribution in [3.63, 3.8) is 0 Å². The predicted molar refractivity (Wildman–Crippen MR) is 93.9 cm³/mol. The van der Waals surface area contributed by atoms with Gasteiger partial charge in [-0.3, -0.25) is 0 Å². The van der Waals surface area contributed by atoms with Gasteiger partial charge in [0.25, 0.3) is 0 Å². The third-order valence-corrected chi connectivity index (χ3v) is 10.9. The van der Waals surface area contributed by atoms with Crippen LogP contribution in [0.25, 0.3) is 0 Å². The van der Waals surface area contributed by atoms with Crippen LogP contribution < -0.4 is 0 Å². The van der Waals surface area contributed by atoms with E-state index in [1.807, 2.05) is 32.9 Å². The van der Waals surface area contributed by atoms with Gasteiger partial charge < -0.3 is 0 Å². The van der Waals surface area contributed by atoms with Gasteiger partial charge in [0.2, 0.25) is 0 Å². The molecule has 2 nitrogen and oxygen atoms in total. The zero-order valence-corrected chi connectivity index (χ0v) is 21.2. The van der Waals surface area contributed by atoms with Gasteiger partial charge in [0.15, 0.2) is 0 Å². The fraction of sp³-hybridized carbons (Fsp3) is 0.368. The summed E-state index contributed by atoms with van der Waals surface area (Å²) in [5.74, 6) is 0. The van der Waals surface area contributed by atoms with E-state index >= 15 is 0 Å². The standard InChI is InChI=1S/C19H23O2.BrH.Hg/c1-5-19(21-20-18(2,3)4,16-12-8-6-9-13-16)17-14-10-7-11-15-17;;/h6-15H,1,5H2,2-4H3;1H;/q;;+1/p-1. The summed E-state index contributed by atoms with van der Waals surface area (Å²) < 4.78 is 1.21. The Morgan fingerprint density at radius 1 is 0.826 bits per heavy atom. The van der Waals surface area contributed by atoms with Gasteiger partial charge in [0.05, 0.1) is 0 Å². The van der Waals surface area contributed by atoms with E-state index < -0.39 is 27.7 Å². The van der Waals surface area contributed by atoms with Crippen molar-refractivity contribution in [3.05, 3.63) is 71.8 Å². The Hall–Kier alpha value is -0.225. The summed E-state index contributed by atoms with van der Waals surface area (Å²) in [6.45, 7) is 6.04. The van der Waals surface area contributed by atoms with Gasteiger partial charge in [-0.05, 0) is 0 Å². The third kappa shape index (κ3) is 5.38. The van der Waals surface area contributed by atoms with Crippen molar-refractivity contribution >= 4 is 11.9 Å². The van der Waals surface area contributed by atoms with E-state index in [2.05, 4.69) is 60.4 Å². The zero-order valence-electron chi connectivity index (χ0n) is 14.1. The molecule has 0 spiro atoms. The van der Waals surface area contributed by atoms with E-state index in [9.17, 15) is 0 Å². The van der Waals surface area contributed by atoms with E-state index in [0.717, 1.165) is 17.5 Å². The fourth-order valence-electron chi connectivity index (χ4n) is 2.52. The first-order chi connectivity index (χ1) is 11.0. The summed E-state index contributed by atoms with van der Waals surface area (Å²) >= 11 is 2.81. The Kier molecular flexibility index (Phi) is 7.27. The molecular weight excluding hydrogens is 541 g/mol. The Labute approximate surface area is 157 Å². The van der Waals surface area contributed by atoms with E-state index in [1.54, 1.807) is 0 Å². The van der Waals surface area contributed by atoms with Crippen LogP contribution in [0, 0.1) is 0 Å². The molecule has 0 N–H and O–H groups in total. The first kappa shape index (κ1) is 19.1. The average Bonchev–Trinajstić information content (AvgIpc) is 2.56. The molecule has 2 rings (SSSR count). The molecule has 0 radical (unpaired) electrons. The van der Waals surface area contributed by atoms with Crippen LogP contribution in [0.2, 0.25) is 3.93 Å². The van der Waals surface area contributed by atoms with Gasteiger partial charge in [-0.2, -0.15) is 0 Å². The normalized spacial score (nSPS) is 12.0. The summed E-state index contributed by atoms with van der Waals surface area (Å²) in [5.41, 5.74) is 1.38. The van der Waals surface area contributed by atoms with Crippen LogP contribution in [0.15, 0.2) is 60.7 Å². The summed E-state index contributed by atoms with van der Waals surface area (Å²) in [4.78, 5) is 12.0. The van der Waals surface area contributed by atoms with Crippen LogP contribution >= 0.6 is 11.9 Å². The minimum absolute atomic E-state index is 0.354. The topological polar surface area (TPSA) is 18.5 Å². The quantitative estimate of drug-likeness (QED) is 0.238. The van der Waals surface area contributed by atoms with Gasteiger partial charge >= 0.3 is 158 Å². The molecule has 0 aliphatic rings. The van der Waals surface area contributed by atoms with Crippen LogP contribution in [0.5, 0.6) is 0 Å². The van der Waals surface area contributed by atoms with Crippen molar-refractivity contribution in [1.29, 1.82) is 0 Å². The molecule has 0 fully saturated rings. The summed E-state index contributed by atoms with van der Waals surface area (Å²) in [7, 11) is 0. The van der Waals surface area contributed by atoms with Gasteiger partial charge in [-0.15, -0.1) is 0 Å². The van der Waals surface area contributed by atoms with Crippen LogP contribution in [0.4, 0.5) is 0 Å². The second-order valence-corrected chi connectivity index (χ2v) is 17.8. The molecule has 0 saturated heterocycles. The number of rotatable bonds is 7. The van der Waals surface area contributed by atoms with Crippen LogP contribution in [0.1, 0.15) is 38.3 Å². The van der Waals surface area contributed by atoms with E-state index in [1.165, 1.54) is 3.93 Å². The van der Waals surface area contributed by atoms with E-state index in [-0.39, 0.29) is 5.60 Å². The third-order valence-electron chi connectivity index (χ3n) is 3.58. The molecule has 0 aliphatic carbocycles. The van der Waals surface area contributed by atoms with Crippen LogP contribution in [-0.2, 0) is 37.5 Å². The second-order valence-electron chi connectivity index (χ2n) is 6.63. The SMILES string of the molecule is CC(C)(C)OOC(C[CH2][Hg][Br])(c1ccccc1)c1ccccc1. The van der Waals surface area contributed by atoms with E-state index in [0.29, 0.717) is 0 Å². The van der Waals surface area contributed by atoms with Crippen LogP contribution in [-0.4, -0.2) is 5.60 Å². The van der Waals surface area contributed by atoms with Gasteiger partial charge in [0, 0.05) is 0 Å². The summed E-state index contributed by atoms with van der Waals surface area (Å²) in [6, 6.07) is 20.8. The molecule has 4 heteroatoms. The monoisotopic (exact) mass is 564 g/mol. The van der Waals surface area contributed by atoms with Gasteiger partial charge in [-0.1, -0.05) is 0 Å². The molecular formula is C19H23BrHgO2. The first-order valence-electron chi connectivity index (χ1n) is 8.02. The molecule has 23 heavy (non-hydrogen) atoms. The molecule has 0 bridgehead atoms. The Morgan fingerprint density at radius 3 is 1.70 bits per heavy atom. The van der Waals surface area contributed by atoms with Crippen LogP contribution in [0.3, 0.4) is 0 Å². The summed E-state index contributed by atoms with van der Waals surface area (Å²) in [6.07, 6.45) is 0.934. The molecule has 0 saturated carbocycles. The average molecular weight is 564 g/mol. The predicted octanol–water partition coefficient (Wildman–Crippen LogP) is 5.88. The first-order valence-corrected chi connectivity index (χ1v) is 23.8. The molecule has 0 aliphatic heterocycles. The zero-order chi connectivity index (χ0) is 16.8. The van der Waals surface area contributed by atoms with E-state index in [4.69, 9.17) is 9.78 Å². The van der Waals surface area contributed by atoms with Crippen molar-refractivity contribution in [2.75, 3.05) is 0 Å². The maximum absolute atomic E-state index is 6.18. The second kappa shape index (κ2) is 8.75. The number of halogens is 1. The molecule has 0 aromatic heterocycles. The number of hydrogen-bond donors (Lipinski definition) is 0. The summed E-state index contributed by atoms with van der Waals surface area (Å²) in [5, 5.41) is 0. The van der Waals surface area contributed by atoms with Gasteiger partial charge in [0.1, 0.15) is 0 Å². The van der Waals surface area contributed by atoms with Crippen molar-refractivity contribution in [3.8, 4) is 0 Å². The maximum atomic E-state index is 6.18. The number of benzene rings is 2. The Balaban J connectivity index is 2.49. The minimum atomic E-state index is -0.954. The Morgan fingerprint density at radius 2 is 1.30 bits per heavy atom. The van der Waals surface area contributed by atoms with Crippen molar-refractivity contribution in [2.45, 2.75) is 42.3 Å². The Bertz CT molecular complexity index is 542. The molecule has 0 atom stereocenters. The molecule has 120 valence electrons.